The van der Waals surface area contributed by atoms with E-state index in [0.717, 1.165) is 25.7 Å². The Kier molecular flexibility index (Phi) is 6.60. The summed E-state index contributed by atoms with van der Waals surface area (Å²) < 4.78 is 0. The number of hydrogen-bond acceptors (Lipinski definition) is 0. The van der Waals surface area contributed by atoms with Gasteiger partial charge in [0.05, 0.1) is 0 Å². The summed E-state index contributed by atoms with van der Waals surface area (Å²) in [6, 6.07) is 10.3. The summed E-state index contributed by atoms with van der Waals surface area (Å²) >= 11 is 0. The largest absolute Gasteiger partial charge is 0.103 e. The summed E-state index contributed by atoms with van der Waals surface area (Å²) in [7, 11) is 0. The Morgan fingerprint density at radius 2 is 1.81 bits per heavy atom. The second-order valence-electron chi connectivity index (χ2n) is 3.56. The van der Waals surface area contributed by atoms with Gasteiger partial charge in [0.25, 0.3) is 0 Å². The van der Waals surface area contributed by atoms with Crippen LogP contribution in [-0.4, -0.2) is 0 Å². The summed E-state index contributed by atoms with van der Waals surface area (Å²) in [5.74, 6) is 6.32. The van der Waals surface area contributed by atoms with Crippen molar-refractivity contribution in [3.63, 3.8) is 0 Å². The lowest BCUT2D eigenvalue weighted by Gasteiger charge is -1.90. The maximum absolute atomic E-state index is 3.68. The van der Waals surface area contributed by atoms with Crippen molar-refractivity contribution in [1.82, 2.24) is 0 Å². The zero-order chi connectivity index (χ0) is 11.5. The summed E-state index contributed by atoms with van der Waals surface area (Å²) in [4.78, 5) is 0. The van der Waals surface area contributed by atoms with E-state index in [4.69, 9.17) is 0 Å². The third-order valence-corrected chi connectivity index (χ3v) is 2.18. The molecule has 1 aromatic carbocycles. The lowest BCUT2D eigenvalue weighted by atomic mass is 10.1. The highest BCUT2D eigenvalue weighted by Gasteiger charge is 1.84. The quantitative estimate of drug-likeness (QED) is 0.389. The lowest BCUT2D eigenvalue weighted by molar-refractivity contribution is 1.05. The van der Waals surface area contributed by atoms with Crippen LogP contribution in [0.15, 0.2) is 55.1 Å². The number of allylic oxidation sites excluding steroid dienone is 3. The van der Waals surface area contributed by atoms with Gasteiger partial charge in [0, 0.05) is 12.8 Å². The number of unbranched alkanes of at least 4 members (excludes halogenated alkanes) is 1. The Balaban J connectivity index is 2.19. The molecule has 0 bridgehead atoms. The average molecular weight is 210 g/mol. The van der Waals surface area contributed by atoms with Gasteiger partial charge < -0.3 is 0 Å². The van der Waals surface area contributed by atoms with Gasteiger partial charge in [-0.1, -0.05) is 60.4 Å². The molecule has 16 heavy (non-hydrogen) atoms. The topological polar surface area (TPSA) is 0 Å². The van der Waals surface area contributed by atoms with E-state index in [-0.39, 0.29) is 0 Å². The monoisotopic (exact) mass is 210 g/mol. The zero-order valence-corrected chi connectivity index (χ0v) is 9.65. The van der Waals surface area contributed by atoms with Gasteiger partial charge in [-0.3, -0.25) is 0 Å². The van der Waals surface area contributed by atoms with Crippen LogP contribution in [0.4, 0.5) is 0 Å². The summed E-state index contributed by atoms with van der Waals surface area (Å²) in [5, 5.41) is 0. The van der Waals surface area contributed by atoms with Gasteiger partial charge in [0.1, 0.15) is 0 Å². The highest BCUT2D eigenvalue weighted by molar-refractivity contribution is 5.21. The minimum absolute atomic E-state index is 0.849. The lowest BCUT2D eigenvalue weighted by Crippen LogP contribution is -1.78. The van der Waals surface area contributed by atoms with E-state index >= 15 is 0 Å². The molecule has 0 fully saturated rings. The smallest absolute Gasteiger partial charge is 0.0340 e. The fraction of sp³-hybridized carbons (Fsp3) is 0.250. The second kappa shape index (κ2) is 8.56. The number of rotatable bonds is 5. The van der Waals surface area contributed by atoms with E-state index in [1.807, 2.05) is 24.3 Å². The van der Waals surface area contributed by atoms with Gasteiger partial charge in [-0.15, -0.1) is 6.58 Å². The second-order valence-corrected chi connectivity index (χ2v) is 3.56. The normalized spacial score (nSPS) is 9.75. The maximum atomic E-state index is 3.68. The molecule has 0 aromatic heterocycles. The van der Waals surface area contributed by atoms with Crippen molar-refractivity contribution in [2.45, 2.75) is 25.7 Å². The van der Waals surface area contributed by atoms with E-state index in [0.29, 0.717) is 0 Å². The molecule has 0 amide bonds. The van der Waals surface area contributed by atoms with Crippen LogP contribution in [0.2, 0.25) is 0 Å². The highest BCUT2D eigenvalue weighted by atomic mass is 13.9. The van der Waals surface area contributed by atoms with Crippen molar-refractivity contribution < 1.29 is 0 Å². The summed E-state index contributed by atoms with van der Waals surface area (Å²) in [6.45, 7) is 3.68. The highest BCUT2D eigenvalue weighted by Crippen LogP contribution is 1.98. The van der Waals surface area contributed by atoms with Gasteiger partial charge >= 0.3 is 0 Å². The first kappa shape index (κ1) is 12.3. The molecule has 0 saturated heterocycles. The Bertz CT molecular complexity index is 373. The minimum atomic E-state index is 0.849. The van der Waals surface area contributed by atoms with Crippen LogP contribution in [0.1, 0.15) is 24.8 Å². The van der Waals surface area contributed by atoms with Crippen LogP contribution >= 0.6 is 0 Å². The third kappa shape index (κ3) is 5.88. The molecule has 82 valence electrons. The third-order valence-electron chi connectivity index (χ3n) is 2.18. The first-order chi connectivity index (χ1) is 7.93. The molecule has 0 radical (unpaired) electrons. The van der Waals surface area contributed by atoms with E-state index in [1.54, 1.807) is 0 Å². The van der Waals surface area contributed by atoms with Gasteiger partial charge in [0.15, 0.2) is 0 Å². The van der Waals surface area contributed by atoms with E-state index in [1.165, 1.54) is 5.56 Å². The van der Waals surface area contributed by atoms with E-state index in [9.17, 15) is 0 Å². The van der Waals surface area contributed by atoms with Crippen LogP contribution in [0.5, 0.6) is 0 Å². The first-order valence-electron chi connectivity index (χ1n) is 5.69. The molecule has 0 heterocycles. The predicted molar refractivity (Wildman–Crippen MR) is 71.1 cm³/mol. The van der Waals surface area contributed by atoms with Crippen LogP contribution < -0.4 is 0 Å². The van der Waals surface area contributed by atoms with Crippen LogP contribution in [0.3, 0.4) is 0 Å². The fourth-order valence-corrected chi connectivity index (χ4v) is 1.31. The van der Waals surface area contributed by atoms with E-state index < -0.39 is 0 Å². The maximum Gasteiger partial charge on any atom is 0.0340 e. The Morgan fingerprint density at radius 1 is 1.00 bits per heavy atom. The first-order valence-corrected chi connectivity index (χ1v) is 5.69. The summed E-state index contributed by atoms with van der Waals surface area (Å²) in [5.41, 5.74) is 1.28. The van der Waals surface area contributed by atoms with Crippen molar-refractivity contribution in [3.8, 4) is 11.8 Å². The Labute approximate surface area is 98.7 Å². The molecular formula is C16H18. The van der Waals surface area contributed by atoms with Crippen LogP contribution in [-0.2, 0) is 6.42 Å². The molecule has 0 aliphatic rings. The number of hydrogen-bond donors (Lipinski definition) is 0. The minimum Gasteiger partial charge on any atom is -0.103 e. The molecule has 0 nitrogen and oxygen atoms in total. The Hall–Kier alpha value is -1.74. The molecule has 0 atom stereocenters. The molecule has 1 aromatic rings. The van der Waals surface area contributed by atoms with Gasteiger partial charge in [-0.05, 0) is 18.4 Å². The van der Waals surface area contributed by atoms with Crippen LogP contribution in [0.25, 0.3) is 0 Å². The molecule has 0 aliphatic heterocycles. The SMILES string of the molecule is C=CCCC=CCC#CCc1ccccc1. The van der Waals surface area contributed by atoms with Crippen molar-refractivity contribution >= 4 is 0 Å². The molecule has 0 spiro atoms. The molecule has 0 saturated carbocycles. The molecular weight excluding hydrogens is 192 g/mol. The molecule has 0 N–H and O–H groups in total. The van der Waals surface area contributed by atoms with Gasteiger partial charge in [0.2, 0.25) is 0 Å². The van der Waals surface area contributed by atoms with Crippen molar-refractivity contribution in [2.24, 2.45) is 0 Å². The van der Waals surface area contributed by atoms with Crippen LogP contribution in [0, 0.1) is 11.8 Å². The Morgan fingerprint density at radius 3 is 2.56 bits per heavy atom. The molecule has 0 unspecified atom stereocenters. The molecule has 0 heteroatoms. The zero-order valence-electron chi connectivity index (χ0n) is 9.65. The fourth-order valence-electron chi connectivity index (χ4n) is 1.31. The van der Waals surface area contributed by atoms with Crippen molar-refractivity contribution in [1.29, 1.82) is 0 Å². The molecule has 0 aliphatic carbocycles. The standard InChI is InChI=1S/C16H18/c1-2-3-4-5-6-7-8-10-13-16-14-11-9-12-15-16/h2,5-6,9,11-12,14-15H,1,3-4,7,13H2. The summed E-state index contributed by atoms with van der Waals surface area (Å²) in [6.07, 6.45) is 10.1. The van der Waals surface area contributed by atoms with Gasteiger partial charge in [-0.2, -0.15) is 0 Å². The number of benzene rings is 1. The molecule has 1 rings (SSSR count). The van der Waals surface area contributed by atoms with Crippen molar-refractivity contribution in [2.75, 3.05) is 0 Å². The van der Waals surface area contributed by atoms with Crippen molar-refractivity contribution in [3.05, 3.63) is 60.7 Å². The predicted octanol–water partition coefficient (Wildman–Crippen LogP) is 4.15. The average Bonchev–Trinajstić information content (AvgIpc) is 2.34. The van der Waals surface area contributed by atoms with E-state index in [2.05, 4.69) is 42.7 Å². The van der Waals surface area contributed by atoms with Gasteiger partial charge in [-0.25, -0.2) is 0 Å².